The molecule has 114 valence electrons. The Hall–Kier alpha value is -1.07. The highest BCUT2D eigenvalue weighted by Crippen LogP contribution is 2.44. The van der Waals surface area contributed by atoms with Gasteiger partial charge in [0, 0.05) is 4.70 Å². The SMILES string of the molecule is OC(c1cccc2ccsc12)C1CCC(C(F)(F)F)CC1. The Bertz CT molecular complexity index is 611. The number of halogens is 3. The van der Waals surface area contributed by atoms with Crippen molar-refractivity contribution in [3.63, 3.8) is 0 Å². The van der Waals surface area contributed by atoms with E-state index in [1.165, 1.54) is 0 Å². The smallest absolute Gasteiger partial charge is 0.388 e. The van der Waals surface area contributed by atoms with Gasteiger partial charge in [-0.05, 0) is 54.0 Å². The van der Waals surface area contributed by atoms with Gasteiger partial charge in [0.1, 0.15) is 0 Å². The molecule has 1 aliphatic rings. The number of aliphatic hydroxyl groups is 1. The fourth-order valence-corrected chi connectivity index (χ4v) is 4.21. The molecule has 2 aromatic rings. The van der Waals surface area contributed by atoms with Gasteiger partial charge in [-0.3, -0.25) is 0 Å². The maximum atomic E-state index is 12.7. The fraction of sp³-hybridized carbons (Fsp3) is 0.500. The van der Waals surface area contributed by atoms with Crippen LogP contribution >= 0.6 is 11.3 Å². The second kappa shape index (κ2) is 5.61. The number of hydrogen-bond donors (Lipinski definition) is 1. The first kappa shape index (κ1) is 14.9. The van der Waals surface area contributed by atoms with Crippen molar-refractivity contribution in [2.45, 2.75) is 38.0 Å². The molecule has 1 saturated carbocycles. The molecule has 0 saturated heterocycles. The molecule has 1 heterocycles. The first-order chi connectivity index (χ1) is 9.97. The van der Waals surface area contributed by atoms with Crippen LogP contribution in [0.1, 0.15) is 37.4 Å². The van der Waals surface area contributed by atoms with Crippen LogP contribution in [0.4, 0.5) is 13.2 Å². The summed E-state index contributed by atoms with van der Waals surface area (Å²) in [5, 5.41) is 13.6. The first-order valence-electron chi connectivity index (χ1n) is 7.17. The first-order valence-corrected chi connectivity index (χ1v) is 8.05. The van der Waals surface area contributed by atoms with Crippen molar-refractivity contribution in [1.29, 1.82) is 0 Å². The van der Waals surface area contributed by atoms with E-state index in [1.807, 2.05) is 29.6 Å². The van der Waals surface area contributed by atoms with E-state index >= 15 is 0 Å². The Balaban J connectivity index is 1.75. The Labute approximate surface area is 125 Å². The fourth-order valence-electron chi connectivity index (χ4n) is 3.27. The lowest BCUT2D eigenvalue weighted by atomic mass is 9.77. The predicted molar refractivity (Wildman–Crippen MR) is 78.3 cm³/mol. The summed E-state index contributed by atoms with van der Waals surface area (Å²) in [5.74, 6) is -1.27. The minimum Gasteiger partial charge on any atom is -0.388 e. The van der Waals surface area contributed by atoms with Gasteiger partial charge in [-0.1, -0.05) is 18.2 Å². The van der Waals surface area contributed by atoms with Crippen LogP contribution in [0.5, 0.6) is 0 Å². The average Bonchev–Trinajstić information content (AvgIpc) is 2.94. The molecular formula is C16H17F3OS. The summed E-state index contributed by atoms with van der Waals surface area (Å²) in [7, 11) is 0. The Morgan fingerprint density at radius 3 is 2.48 bits per heavy atom. The van der Waals surface area contributed by atoms with Gasteiger partial charge in [-0.25, -0.2) is 0 Å². The van der Waals surface area contributed by atoms with Crippen LogP contribution in [0, 0.1) is 11.8 Å². The van der Waals surface area contributed by atoms with Gasteiger partial charge in [-0.15, -0.1) is 11.3 Å². The van der Waals surface area contributed by atoms with Crippen molar-refractivity contribution in [2.75, 3.05) is 0 Å². The molecule has 5 heteroatoms. The van der Waals surface area contributed by atoms with Gasteiger partial charge < -0.3 is 5.11 Å². The third-order valence-corrected chi connectivity index (χ3v) is 5.49. The number of alkyl halides is 3. The normalized spacial score (nSPS) is 25.1. The topological polar surface area (TPSA) is 20.2 Å². The Morgan fingerprint density at radius 1 is 1.10 bits per heavy atom. The molecule has 1 fully saturated rings. The molecule has 0 amide bonds. The standard InChI is InChI=1S/C16H17F3OS/c17-16(18,19)12-6-4-10(5-7-12)14(20)13-3-1-2-11-8-9-21-15(11)13/h1-3,8-10,12,14,20H,4-7H2. The van der Waals surface area contributed by atoms with E-state index in [2.05, 4.69) is 0 Å². The second-order valence-corrected chi connectivity index (χ2v) is 6.70. The number of fused-ring (bicyclic) bond motifs is 1. The van der Waals surface area contributed by atoms with Crippen LogP contribution in [0.25, 0.3) is 10.1 Å². The molecule has 1 aliphatic carbocycles. The summed E-state index contributed by atoms with van der Waals surface area (Å²) >= 11 is 1.57. The lowest BCUT2D eigenvalue weighted by Gasteiger charge is -2.32. The van der Waals surface area contributed by atoms with Crippen molar-refractivity contribution in [2.24, 2.45) is 11.8 Å². The number of benzene rings is 1. The van der Waals surface area contributed by atoms with E-state index in [0.29, 0.717) is 12.8 Å². The van der Waals surface area contributed by atoms with E-state index in [-0.39, 0.29) is 18.8 Å². The van der Waals surface area contributed by atoms with Crippen molar-refractivity contribution in [3.8, 4) is 0 Å². The van der Waals surface area contributed by atoms with E-state index in [4.69, 9.17) is 0 Å². The van der Waals surface area contributed by atoms with Crippen LogP contribution < -0.4 is 0 Å². The summed E-state index contributed by atoms with van der Waals surface area (Å²) < 4.78 is 39.1. The molecule has 1 nitrogen and oxygen atoms in total. The summed E-state index contributed by atoms with van der Waals surface area (Å²) in [4.78, 5) is 0. The third kappa shape index (κ3) is 2.94. The lowest BCUT2D eigenvalue weighted by Crippen LogP contribution is -2.29. The van der Waals surface area contributed by atoms with Crippen molar-refractivity contribution in [3.05, 3.63) is 35.2 Å². The summed E-state index contributed by atoms with van der Waals surface area (Å²) in [5.41, 5.74) is 0.859. The molecule has 1 atom stereocenters. The monoisotopic (exact) mass is 314 g/mol. The maximum absolute atomic E-state index is 12.7. The summed E-state index contributed by atoms with van der Waals surface area (Å²) in [6, 6.07) is 7.77. The molecule has 3 rings (SSSR count). The van der Waals surface area contributed by atoms with E-state index in [0.717, 1.165) is 15.6 Å². The molecule has 1 unspecified atom stereocenters. The van der Waals surface area contributed by atoms with Gasteiger partial charge in [0.05, 0.1) is 12.0 Å². The molecule has 1 aromatic carbocycles. The molecule has 1 N–H and O–H groups in total. The van der Waals surface area contributed by atoms with Crippen LogP contribution in [0.3, 0.4) is 0 Å². The minimum atomic E-state index is -4.09. The quantitative estimate of drug-likeness (QED) is 0.797. The number of hydrogen-bond acceptors (Lipinski definition) is 2. The molecule has 0 spiro atoms. The third-order valence-electron chi connectivity index (χ3n) is 4.51. The zero-order chi connectivity index (χ0) is 15.0. The molecule has 21 heavy (non-hydrogen) atoms. The van der Waals surface area contributed by atoms with Gasteiger partial charge in [0.15, 0.2) is 0 Å². The predicted octanol–water partition coefficient (Wildman–Crippen LogP) is 5.30. The van der Waals surface area contributed by atoms with E-state index < -0.39 is 18.2 Å². The highest BCUT2D eigenvalue weighted by atomic mass is 32.1. The molecule has 0 radical (unpaired) electrons. The number of rotatable bonds is 2. The molecule has 1 aromatic heterocycles. The van der Waals surface area contributed by atoms with E-state index in [1.54, 1.807) is 11.3 Å². The lowest BCUT2D eigenvalue weighted by molar-refractivity contribution is -0.185. The van der Waals surface area contributed by atoms with Gasteiger partial charge in [0.2, 0.25) is 0 Å². The molecule has 0 bridgehead atoms. The summed E-state index contributed by atoms with van der Waals surface area (Å²) in [6.07, 6.45) is -3.62. The second-order valence-electron chi connectivity index (χ2n) is 5.78. The highest BCUT2D eigenvalue weighted by Gasteiger charge is 2.42. The van der Waals surface area contributed by atoms with Crippen LogP contribution in [0.15, 0.2) is 29.6 Å². The average molecular weight is 314 g/mol. The van der Waals surface area contributed by atoms with Crippen LogP contribution in [-0.4, -0.2) is 11.3 Å². The molecular weight excluding hydrogens is 297 g/mol. The van der Waals surface area contributed by atoms with Crippen molar-refractivity contribution < 1.29 is 18.3 Å². The maximum Gasteiger partial charge on any atom is 0.391 e. The molecule has 0 aliphatic heterocycles. The van der Waals surface area contributed by atoms with Gasteiger partial charge in [-0.2, -0.15) is 13.2 Å². The Kier molecular flexibility index (Phi) is 3.97. The van der Waals surface area contributed by atoms with Crippen molar-refractivity contribution in [1.82, 2.24) is 0 Å². The summed E-state index contributed by atoms with van der Waals surface area (Å²) in [6.45, 7) is 0. The van der Waals surface area contributed by atoms with E-state index in [9.17, 15) is 18.3 Å². The number of aliphatic hydroxyl groups excluding tert-OH is 1. The number of thiophene rings is 1. The minimum absolute atomic E-state index is 0.0729. The van der Waals surface area contributed by atoms with Crippen LogP contribution in [0.2, 0.25) is 0 Å². The van der Waals surface area contributed by atoms with Crippen LogP contribution in [-0.2, 0) is 0 Å². The van der Waals surface area contributed by atoms with Gasteiger partial charge >= 0.3 is 6.18 Å². The Morgan fingerprint density at radius 2 is 1.81 bits per heavy atom. The van der Waals surface area contributed by atoms with Gasteiger partial charge in [0.25, 0.3) is 0 Å². The zero-order valence-electron chi connectivity index (χ0n) is 11.4. The van der Waals surface area contributed by atoms with Crippen molar-refractivity contribution >= 4 is 21.4 Å². The highest BCUT2D eigenvalue weighted by molar-refractivity contribution is 7.17. The zero-order valence-corrected chi connectivity index (χ0v) is 12.3. The largest absolute Gasteiger partial charge is 0.391 e.